The third kappa shape index (κ3) is 5.12. The number of nitriles is 1. The van der Waals surface area contributed by atoms with E-state index in [4.69, 9.17) is 14.4 Å². The fourth-order valence-electron chi connectivity index (χ4n) is 3.95. The summed E-state index contributed by atoms with van der Waals surface area (Å²) in [6.45, 7) is 4.60. The minimum atomic E-state index is -0.0630. The number of carbonyl (C=O) groups excluding carboxylic acids is 1. The van der Waals surface area contributed by atoms with Gasteiger partial charge in [0.15, 0.2) is 0 Å². The molecule has 2 heterocycles. The van der Waals surface area contributed by atoms with Crippen LogP contribution in [-0.2, 0) is 16.1 Å². The van der Waals surface area contributed by atoms with E-state index in [1.807, 2.05) is 31.2 Å². The van der Waals surface area contributed by atoms with E-state index >= 15 is 0 Å². The molecule has 164 valence electrons. The first-order valence-corrected chi connectivity index (χ1v) is 11.0. The number of hydrogen-bond donors (Lipinski definition) is 1. The lowest BCUT2D eigenvalue weighted by Gasteiger charge is -2.32. The van der Waals surface area contributed by atoms with Gasteiger partial charge in [-0.05, 0) is 80.4 Å². The van der Waals surface area contributed by atoms with Crippen LogP contribution < -0.4 is 10.2 Å². The normalized spacial score (nSPS) is 14.1. The van der Waals surface area contributed by atoms with Crippen LogP contribution in [0.1, 0.15) is 31.1 Å². The van der Waals surface area contributed by atoms with Crippen LogP contribution in [0.4, 0.5) is 11.4 Å². The number of nitrogens with zero attached hydrogens (tertiary/aromatic N) is 2. The van der Waals surface area contributed by atoms with E-state index in [1.165, 1.54) is 5.69 Å². The molecule has 0 bridgehead atoms. The van der Waals surface area contributed by atoms with Gasteiger partial charge in [-0.25, -0.2) is 0 Å². The lowest BCUT2D eigenvalue weighted by molar-refractivity contribution is -0.148. The van der Waals surface area contributed by atoms with Crippen molar-refractivity contribution in [3.8, 4) is 17.4 Å². The van der Waals surface area contributed by atoms with Crippen LogP contribution >= 0.6 is 0 Å². The molecule has 0 radical (unpaired) electrons. The Morgan fingerprint density at radius 2 is 1.81 bits per heavy atom. The fourth-order valence-corrected chi connectivity index (χ4v) is 3.95. The predicted octanol–water partition coefficient (Wildman–Crippen LogP) is 5.21. The molecule has 32 heavy (non-hydrogen) atoms. The molecule has 6 nitrogen and oxygen atoms in total. The summed E-state index contributed by atoms with van der Waals surface area (Å²) in [5.41, 5.74) is 3.77. The van der Waals surface area contributed by atoms with E-state index in [1.54, 1.807) is 12.1 Å². The quantitative estimate of drug-likeness (QED) is 0.520. The summed E-state index contributed by atoms with van der Waals surface area (Å²) < 4.78 is 11.1. The Hall–Kier alpha value is -3.72. The van der Waals surface area contributed by atoms with Crippen LogP contribution in [0.2, 0.25) is 0 Å². The predicted molar refractivity (Wildman–Crippen MR) is 124 cm³/mol. The van der Waals surface area contributed by atoms with Gasteiger partial charge in [-0.15, -0.1) is 0 Å². The first-order chi connectivity index (χ1) is 15.7. The van der Waals surface area contributed by atoms with Gasteiger partial charge in [-0.3, -0.25) is 4.79 Å². The van der Waals surface area contributed by atoms with Crippen molar-refractivity contribution in [3.05, 3.63) is 72.0 Å². The Morgan fingerprint density at radius 1 is 1.09 bits per heavy atom. The Morgan fingerprint density at radius 3 is 2.47 bits per heavy atom. The summed E-state index contributed by atoms with van der Waals surface area (Å²) in [6.07, 6.45) is 1.66. The standard InChI is InChI=1S/C26H27N3O3/c1-2-31-26(30)21-13-15-29(16-14-21)23-9-7-22(8-10-23)28-18-24-11-12-25(32-24)20-5-3-19(17-27)4-6-20/h3-12,21,28H,2,13-16,18H2,1H3. The van der Waals surface area contributed by atoms with Gasteiger partial charge in [0.05, 0.1) is 30.7 Å². The molecule has 0 atom stereocenters. The average Bonchev–Trinajstić information content (AvgIpc) is 3.32. The van der Waals surface area contributed by atoms with Crippen molar-refractivity contribution in [3.63, 3.8) is 0 Å². The van der Waals surface area contributed by atoms with Gasteiger partial charge in [0, 0.05) is 30.0 Å². The summed E-state index contributed by atoms with van der Waals surface area (Å²) >= 11 is 0. The molecule has 3 aromatic rings. The number of carbonyl (C=O) groups is 1. The molecule has 4 rings (SSSR count). The van der Waals surface area contributed by atoms with E-state index in [0.29, 0.717) is 18.7 Å². The fraction of sp³-hybridized carbons (Fsp3) is 0.308. The number of piperidine rings is 1. The van der Waals surface area contributed by atoms with E-state index in [9.17, 15) is 4.79 Å². The summed E-state index contributed by atoms with van der Waals surface area (Å²) in [4.78, 5) is 14.2. The maximum atomic E-state index is 11.9. The molecule has 0 unspecified atom stereocenters. The highest BCUT2D eigenvalue weighted by Crippen LogP contribution is 2.26. The number of rotatable bonds is 7. The Kier molecular flexibility index (Phi) is 6.76. The van der Waals surface area contributed by atoms with E-state index in [0.717, 1.165) is 48.7 Å². The zero-order valence-corrected chi connectivity index (χ0v) is 18.2. The molecule has 0 spiro atoms. The van der Waals surface area contributed by atoms with Gasteiger partial charge in [0.25, 0.3) is 0 Å². The van der Waals surface area contributed by atoms with Gasteiger partial charge in [0.1, 0.15) is 11.5 Å². The van der Waals surface area contributed by atoms with Gasteiger partial charge in [-0.1, -0.05) is 0 Å². The lowest BCUT2D eigenvalue weighted by atomic mass is 9.96. The van der Waals surface area contributed by atoms with Crippen molar-refractivity contribution >= 4 is 17.3 Å². The van der Waals surface area contributed by atoms with Crippen LogP contribution in [0.3, 0.4) is 0 Å². The molecule has 6 heteroatoms. The summed E-state index contributed by atoms with van der Waals surface area (Å²) in [7, 11) is 0. The molecule has 2 aromatic carbocycles. The van der Waals surface area contributed by atoms with E-state index < -0.39 is 0 Å². The zero-order valence-electron chi connectivity index (χ0n) is 18.2. The molecular formula is C26H27N3O3. The van der Waals surface area contributed by atoms with Crippen molar-refractivity contribution in [2.24, 2.45) is 5.92 Å². The summed E-state index contributed by atoms with van der Waals surface area (Å²) in [6, 6.07) is 21.7. The maximum Gasteiger partial charge on any atom is 0.309 e. The van der Waals surface area contributed by atoms with E-state index in [-0.39, 0.29) is 11.9 Å². The highest BCUT2D eigenvalue weighted by Gasteiger charge is 2.26. The maximum absolute atomic E-state index is 11.9. The number of esters is 1. The third-order valence-electron chi connectivity index (χ3n) is 5.77. The second kappa shape index (κ2) is 10.1. The van der Waals surface area contributed by atoms with Crippen LogP contribution in [-0.4, -0.2) is 25.7 Å². The lowest BCUT2D eigenvalue weighted by Crippen LogP contribution is -2.36. The van der Waals surface area contributed by atoms with Crippen molar-refractivity contribution in [2.75, 3.05) is 29.9 Å². The zero-order chi connectivity index (χ0) is 22.3. The van der Waals surface area contributed by atoms with Gasteiger partial charge >= 0.3 is 5.97 Å². The average molecular weight is 430 g/mol. The first kappa shape index (κ1) is 21.5. The molecule has 1 aliphatic rings. The number of ether oxygens (including phenoxy) is 1. The van der Waals surface area contributed by atoms with Crippen molar-refractivity contribution in [1.29, 1.82) is 5.26 Å². The minimum absolute atomic E-state index is 0.0228. The number of benzene rings is 2. The molecule has 1 aliphatic heterocycles. The highest BCUT2D eigenvalue weighted by atomic mass is 16.5. The van der Waals surface area contributed by atoms with Crippen LogP contribution in [0.15, 0.2) is 65.1 Å². The molecule has 0 saturated carbocycles. The Balaban J connectivity index is 1.29. The number of anilines is 2. The summed E-state index contributed by atoms with van der Waals surface area (Å²) in [5, 5.41) is 12.3. The first-order valence-electron chi connectivity index (χ1n) is 11.0. The molecular weight excluding hydrogens is 402 g/mol. The van der Waals surface area contributed by atoms with Crippen LogP contribution in [0.25, 0.3) is 11.3 Å². The van der Waals surface area contributed by atoms with Crippen molar-refractivity contribution < 1.29 is 13.9 Å². The molecule has 0 amide bonds. The minimum Gasteiger partial charge on any atom is -0.466 e. The largest absolute Gasteiger partial charge is 0.466 e. The molecule has 1 saturated heterocycles. The topological polar surface area (TPSA) is 78.5 Å². The highest BCUT2D eigenvalue weighted by molar-refractivity contribution is 5.73. The number of furan rings is 1. The molecule has 1 aromatic heterocycles. The van der Waals surface area contributed by atoms with Gasteiger partial charge < -0.3 is 19.4 Å². The van der Waals surface area contributed by atoms with E-state index in [2.05, 4.69) is 40.6 Å². The Bertz CT molecular complexity index is 1070. The molecule has 1 fully saturated rings. The van der Waals surface area contributed by atoms with Gasteiger partial charge in [0.2, 0.25) is 0 Å². The third-order valence-corrected chi connectivity index (χ3v) is 5.77. The second-order valence-electron chi connectivity index (χ2n) is 7.87. The molecule has 0 aliphatic carbocycles. The number of hydrogen-bond acceptors (Lipinski definition) is 6. The smallest absolute Gasteiger partial charge is 0.309 e. The van der Waals surface area contributed by atoms with Crippen molar-refractivity contribution in [2.45, 2.75) is 26.3 Å². The summed E-state index contributed by atoms with van der Waals surface area (Å²) in [5.74, 6) is 1.59. The Labute approximate surface area is 188 Å². The monoisotopic (exact) mass is 429 g/mol. The second-order valence-corrected chi connectivity index (χ2v) is 7.87. The SMILES string of the molecule is CCOC(=O)C1CCN(c2ccc(NCc3ccc(-c4ccc(C#N)cc4)o3)cc2)CC1. The van der Waals surface area contributed by atoms with Crippen LogP contribution in [0, 0.1) is 17.2 Å². The number of nitrogens with one attached hydrogen (secondary N) is 1. The van der Waals surface area contributed by atoms with Crippen molar-refractivity contribution in [1.82, 2.24) is 0 Å². The van der Waals surface area contributed by atoms with Gasteiger partial charge in [-0.2, -0.15) is 5.26 Å². The molecule has 1 N–H and O–H groups in total. The van der Waals surface area contributed by atoms with Crippen LogP contribution in [0.5, 0.6) is 0 Å².